The maximum atomic E-state index is 13.9. The van der Waals surface area contributed by atoms with Crippen LogP contribution in [0.1, 0.15) is 37.2 Å². The molecule has 0 radical (unpaired) electrons. The largest absolute Gasteiger partial charge is 0.379 e. The zero-order chi connectivity index (χ0) is 27.0. The SMILES string of the molecule is CC(O)(C(=O)C(C)(O)C(OCCOCC1CO1)c1ccccc1)C(OCCOCC1CO1)c1ccccc1. The van der Waals surface area contributed by atoms with E-state index in [0.717, 1.165) is 0 Å². The van der Waals surface area contributed by atoms with Gasteiger partial charge in [-0.2, -0.15) is 0 Å². The third-order valence-electron chi connectivity index (χ3n) is 6.58. The van der Waals surface area contributed by atoms with Crippen LogP contribution in [0.15, 0.2) is 60.7 Å². The van der Waals surface area contributed by atoms with E-state index < -0.39 is 29.2 Å². The molecule has 2 aliphatic heterocycles. The maximum absolute atomic E-state index is 13.9. The molecular formula is C29H38O9. The van der Waals surface area contributed by atoms with Crippen LogP contribution >= 0.6 is 0 Å². The smallest absolute Gasteiger partial charge is 0.201 e. The molecule has 2 heterocycles. The van der Waals surface area contributed by atoms with E-state index in [-0.39, 0.29) is 38.6 Å². The minimum atomic E-state index is -2.10. The van der Waals surface area contributed by atoms with E-state index in [1.54, 1.807) is 48.5 Å². The van der Waals surface area contributed by atoms with Gasteiger partial charge in [-0.25, -0.2) is 0 Å². The molecule has 2 fully saturated rings. The summed E-state index contributed by atoms with van der Waals surface area (Å²) in [6.45, 7) is 5.86. The molecule has 0 aliphatic carbocycles. The number of ketones is 1. The second-order valence-electron chi connectivity index (χ2n) is 10.0. The highest BCUT2D eigenvalue weighted by Crippen LogP contribution is 2.39. The van der Waals surface area contributed by atoms with Crippen molar-refractivity contribution in [1.82, 2.24) is 0 Å². The van der Waals surface area contributed by atoms with E-state index in [9.17, 15) is 15.0 Å². The van der Waals surface area contributed by atoms with Crippen molar-refractivity contribution in [2.45, 2.75) is 49.5 Å². The number of Topliss-reactive ketones (excluding diaryl/α,β-unsaturated/α-hetero) is 1. The first-order valence-electron chi connectivity index (χ1n) is 13.0. The number of epoxide rings is 2. The van der Waals surface area contributed by atoms with Crippen molar-refractivity contribution in [2.75, 3.05) is 52.9 Å². The maximum Gasteiger partial charge on any atom is 0.201 e. The van der Waals surface area contributed by atoms with Gasteiger partial charge in [-0.05, 0) is 25.0 Å². The lowest BCUT2D eigenvalue weighted by atomic mass is 9.77. The molecule has 2 aromatic rings. The van der Waals surface area contributed by atoms with Gasteiger partial charge in [-0.3, -0.25) is 4.79 Å². The third-order valence-corrected chi connectivity index (χ3v) is 6.58. The molecular weight excluding hydrogens is 492 g/mol. The molecule has 2 aliphatic rings. The molecule has 9 nitrogen and oxygen atoms in total. The number of hydrogen-bond donors (Lipinski definition) is 2. The summed E-state index contributed by atoms with van der Waals surface area (Å²) in [6.07, 6.45) is -1.85. The Balaban J connectivity index is 1.48. The van der Waals surface area contributed by atoms with Crippen molar-refractivity contribution < 1.29 is 43.4 Å². The fourth-order valence-corrected chi connectivity index (χ4v) is 4.38. The fourth-order valence-electron chi connectivity index (χ4n) is 4.38. The molecule has 2 aromatic carbocycles. The third kappa shape index (κ3) is 7.91. The molecule has 4 rings (SSSR count). The van der Waals surface area contributed by atoms with Crippen LogP contribution < -0.4 is 0 Å². The summed E-state index contributed by atoms with van der Waals surface area (Å²) in [4.78, 5) is 13.9. The van der Waals surface area contributed by atoms with Crippen LogP contribution in [0.3, 0.4) is 0 Å². The van der Waals surface area contributed by atoms with E-state index in [2.05, 4.69) is 0 Å². The zero-order valence-corrected chi connectivity index (χ0v) is 22.0. The average Bonchev–Trinajstić information content (AvgIpc) is 3.84. The van der Waals surface area contributed by atoms with Crippen LogP contribution in [0.5, 0.6) is 0 Å². The van der Waals surface area contributed by atoms with Gasteiger partial charge in [0.2, 0.25) is 5.78 Å². The quantitative estimate of drug-likeness (QED) is 0.221. The van der Waals surface area contributed by atoms with Crippen LogP contribution in [0.2, 0.25) is 0 Å². The second-order valence-corrected chi connectivity index (χ2v) is 10.0. The number of carbonyl (C=O) groups excluding carboxylic acids is 1. The first-order chi connectivity index (χ1) is 18.3. The molecule has 0 spiro atoms. The zero-order valence-electron chi connectivity index (χ0n) is 22.0. The van der Waals surface area contributed by atoms with Gasteiger partial charge >= 0.3 is 0 Å². The van der Waals surface area contributed by atoms with Crippen molar-refractivity contribution in [3.05, 3.63) is 71.8 Å². The number of ether oxygens (including phenoxy) is 6. The lowest BCUT2D eigenvalue weighted by Gasteiger charge is -2.40. The minimum Gasteiger partial charge on any atom is -0.379 e. The van der Waals surface area contributed by atoms with Gasteiger partial charge in [0, 0.05) is 0 Å². The number of benzene rings is 2. The van der Waals surface area contributed by atoms with Gasteiger partial charge in [0.15, 0.2) is 11.2 Å². The van der Waals surface area contributed by atoms with E-state index in [0.29, 0.717) is 37.6 Å². The Morgan fingerprint density at radius 1 is 0.763 bits per heavy atom. The molecule has 6 unspecified atom stereocenters. The summed E-state index contributed by atoms with van der Waals surface area (Å²) in [7, 11) is 0. The van der Waals surface area contributed by atoms with Gasteiger partial charge in [-0.1, -0.05) is 60.7 Å². The van der Waals surface area contributed by atoms with Crippen LogP contribution in [0, 0.1) is 0 Å². The number of aliphatic hydroxyl groups is 2. The molecule has 0 aromatic heterocycles. The number of rotatable bonds is 18. The Morgan fingerprint density at radius 2 is 1.13 bits per heavy atom. The normalized spacial score (nSPS) is 23.2. The van der Waals surface area contributed by atoms with Crippen molar-refractivity contribution in [1.29, 1.82) is 0 Å². The molecule has 2 saturated heterocycles. The van der Waals surface area contributed by atoms with Gasteiger partial charge in [0.05, 0.1) is 52.9 Å². The van der Waals surface area contributed by atoms with Crippen LogP contribution in [0.4, 0.5) is 0 Å². The van der Waals surface area contributed by atoms with Gasteiger partial charge < -0.3 is 38.6 Å². The number of carbonyl (C=O) groups is 1. The van der Waals surface area contributed by atoms with Crippen molar-refractivity contribution in [3.63, 3.8) is 0 Å². The Kier molecular flexibility index (Phi) is 10.0. The lowest BCUT2D eigenvalue weighted by molar-refractivity contribution is -0.188. The molecule has 208 valence electrons. The van der Waals surface area contributed by atoms with Crippen LogP contribution in [-0.2, 0) is 33.2 Å². The molecule has 9 heteroatoms. The molecule has 0 saturated carbocycles. The topological polar surface area (TPSA) is 120 Å². The van der Waals surface area contributed by atoms with Gasteiger partial charge in [-0.15, -0.1) is 0 Å². The summed E-state index contributed by atoms with van der Waals surface area (Å²) in [6, 6.07) is 17.9. The first kappa shape index (κ1) is 28.8. The molecule has 0 bridgehead atoms. The number of hydrogen-bond acceptors (Lipinski definition) is 9. The Hall–Kier alpha value is -2.21. The first-order valence-corrected chi connectivity index (χ1v) is 13.0. The van der Waals surface area contributed by atoms with Gasteiger partial charge in [0.25, 0.3) is 0 Å². The van der Waals surface area contributed by atoms with Crippen molar-refractivity contribution >= 4 is 5.78 Å². The monoisotopic (exact) mass is 530 g/mol. The summed E-state index contributed by atoms with van der Waals surface area (Å²) >= 11 is 0. The van der Waals surface area contributed by atoms with E-state index >= 15 is 0 Å². The van der Waals surface area contributed by atoms with Crippen molar-refractivity contribution in [2.24, 2.45) is 0 Å². The van der Waals surface area contributed by atoms with Crippen LogP contribution in [0.25, 0.3) is 0 Å². The predicted octanol–water partition coefficient (Wildman–Crippen LogP) is 2.40. The minimum absolute atomic E-state index is 0.127. The molecule has 0 amide bonds. The van der Waals surface area contributed by atoms with E-state index in [1.165, 1.54) is 13.8 Å². The highest BCUT2D eigenvalue weighted by atomic mass is 16.6. The predicted molar refractivity (Wildman–Crippen MR) is 138 cm³/mol. The van der Waals surface area contributed by atoms with Crippen LogP contribution in [-0.4, -0.2) is 92.3 Å². The second kappa shape index (κ2) is 13.2. The standard InChI is InChI=1S/C29H38O9/c1-28(31,25(21-9-5-3-6-10-21)35-15-13-33-17-23-19-37-23)27(30)29(2,32)26(22-11-7-4-8-12-22)36-16-14-34-18-24-20-38-24/h3-12,23-26,31-32H,13-20H2,1-2H3. The molecule has 6 atom stereocenters. The summed E-state index contributed by atoms with van der Waals surface area (Å²) < 4.78 is 33.4. The fraction of sp³-hybridized carbons (Fsp3) is 0.552. The summed E-state index contributed by atoms with van der Waals surface area (Å²) in [5.74, 6) is -0.827. The van der Waals surface area contributed by atoms with E-state index in [1.807, 2.05) is 12.1 Å². The Labute approximate surface area is 223 Å². The summed E-state index contributed by atoms with van der Waals surface area (Å²) in [5, 5.41) is 23.3. The van der Waals surface area contributed by atoms with Crippen molar-refractivity contribution in [3.8, 4) is 0 Å². The Bertz CT molecular complexity index is 908. The highest BCUT2D eigenvalue weighted by molar-refractivity contribution is 5.95. The average molecular weight is 531 g/mol. The lowest BCUT2D eigenvalue weighted by Crippen LogP contribution is -2.56. The Morgan fingerprint density at radius 3 is 1.47 bits per heavy atom. The highest BCUT2D eigenvalue weighted by Gasteiger charge is 2.53. The summed E-state index contributed by atoms with van der Waals surface area (Å²) in [5.41, 5.74) is -3.00. The molecule has 2 N–H and O–H groups in total. The van der Waals surface area contributed by atoms with Gasteiger partial charge in [0.1, 0.15) is 24.4 Å². The van der Waals surface area contributed by atoms with E-state index in [4.69, 9.17) is 28.4 Å². The molecule has 38 heavy (non-hydrogen) atoms.